The van der Waals surface area contributed by atoms with Gasteiger partial charge in [-0.1, -0.05) is 13.8 Å². The fourth-order valence-electron chi connectivity index (χ4n) is 4.31. The van der Waals surface area contributed by atoms with Crippen molar-refractivity contribution in [2.75, 3.05) is 52.5 Å². The summed E-state index contributed by atoms with van der Waals surface area (Å²) in [5, 5.41) is 3.02. The summed E-state index contributed by atoms with van der Waals surface area (Å²) in [4.78, 5) is 29.3. The molecule has 0 spiro atoms. The third-order valence-electron chi connectivity index (χ3n) is 6.57. The van der Waals surface area contributed by atoms with Gasteiger partial charge in [0.05, 0.1) is 25.4 Å². The molecule has 3 atom stereocenters. The highest BCUT2D eigenvalue weighted by atomic mass is 16.5. The van der Waals surface area contributed by atoms with Gasteiger partial charge in [-0.3, -0.25) is 14.5 Å². The van der Waals surface area contributed by atoms with Crippen molar-refractivity contribution in [2.45, 2.75) is 51.3 Å². The lowest BCUT2D eigenvalue weighted by Gasteiger charge is -2.57. The standard InChI is InChI=1S/C19H34N4O4/c1-4-27-15-12-19(20,18(15,2)3)17(25)21-14-11-16(24)23(13-14)6-5-22-7-9-26-10-8-22/h14-15H,4-13,20H2,1-3H3,(H,21,25). The molecule has 0 aromatic heterocycles. The number of carbonyl (C=O) groups is 2. The first-order valence-electron chi connectivity index (χ1n) is 10.1. The second kappa shape index (κ2) is 8.03. The van der Waals surface area contributed by atoms with Crippen molar-refractivity contribution < 1.29 is 19.1 Å². The Bertz CT molecular complexity index is 564. The number of hydrogen-bond donors (Lipinski definition) is 2. The van der Waals surface area contributed by atoms with Crippen LogP contribution in [0.15, 0.2) is 0 Å². The summed E-state index contributed by atoms with van der Waals surface area (Å²) in [5.41, 5.74) is 5.07. The molecule has 2 amide bonds. The van der Waals surface area contributed by atoms with Crippen LogP contribution in [0.1, 0.15) is 33.6 Å². The minimum absolute atomic E-state index is 0.00604. The van der Waals surface area contributed by atoms with E-state index in [2.05, 4.69) is 10.2 Å². The average Bonchev–Trinajstić information content (AvgIpc) is 2.99. The lowest BCUT2D eigenvalue weighted by atomic mass is 9.54. The van der Waals surface area contributed by atoms with Crippen molar-refractivity contribution in [3.63, 3.8) is 0 Å². The van der Waals surface area contributed by atoms with E-state index in [1.54, 1.807) is 0 Å². The van der Waals surface area contributed by atoms with E-state index in [4.69, 9.17) is 15.2 Å². The Morgan fingerprint density at radius 2 is 2.04 bits per heavy atom. The van der Waals surface area contributed by atoms with Gasteiger partial charge in [-0.25, -0.2) is 0 Å². The molecule has 3 aliphatic rings. The number of carbonyl (C=O) groups excluding carboxylic acids is 2. The van der Waals surface area contributed by atoms with Crippen LogP contribution in [0, 0.1) is 5.41 Å². The number of hydrogen-bond acceptors (Lipinski definition) is 6. The maximum absolute atomic E-state index is 12.8. The first-order chi connectivity index (χ1) is 12.8. The minimum atomic E-state index is -0.947. The highest BCUT2D eigenvalue weighted by Gasteiger charge is 2.63. The average molecular weight is 383 g/mol. The maximum atomic E-state index is 12.8. The number of nitrogens with two attached hydrogens (primary N) is 1. The zero-order valence-electron chi connectivity index (χ0n) is 16.8. The Kier molecular flexibility index (Phi) is 6.10. The molecule has 2 aliphatic heterocycles. The summed E-state index contributed by atoms with van der Waals surface area (Å²) in [6.45, 7) is 11.9. The summed E-state index contributed by atoms with van der Waals surface area (Å²) >= 11 is 0. The van der Waals surface area contributed by atoms with E-state index in [-0.39, 0.29) is 24.0 Å². The van der Waals surface area contributed by atoms with E-state index in [1.807, 2.05) is 25.7 Å². The van der Waals surface area contributed by atoms with E-state index in [0.717, 1.165) is 32.8 Å². The van der Waals surface area contributed by atoms with Gasteiger partial charge in [-0.05, 0) is 6.92 Å². The lowest BCUT2D eigenvalue weighted by molar-refractivity contribution is -0.171. The maximum Gasteiger partial charge on any atom is 0.241 e. The van der Waals surface area contributed by atoms with Crippen LogP contribution in [-0.4, -0.2) is 91.8 Å². The minimum Gasteiger partial charge on any atom is -0.379 e. The van der Waals surface area contributed by atoms with Crippen LogP contribution >= 0.6 is 0 Å². The summed E-state index contributed by atoms with van der Waals surface area (Å²) in [7, 11) is 0. The van der Waals surface area contributed by atoms with Gasteiger partial charge in [0.1, 0.15) is 5.54 Å². The zero-order valence-corrected chi connectivity index (χ0v) is 16.8. The Hall–Kier alpha value is -1.22. The van der Waals surface area contributed by atoms with E-state index in [0.29, 0.717) is 32.5 Å². The Morgan fingerprint density at radius 1 is 1.33 bits per heavy atom. The molecule has 3 rings (SSSR count). The summed E-state index contributed by atoms with van der Waals surface area (Å²) in [6, 6.07) is -0.169. The number of morpholine rings is 1. The quantitative estimate of drug-likeness (QED) is 0.620. The first kappa shape index (κ1) is 20.5. The summed E-state index contributed by atoms with van der Waals surface area (Å²) in [6.07, 6.45) is 0.856. The SMILES string of the molecule is CCOC1CC(N)(C(=O)NC2CC(=O)N(CCN3CCOCC3)C2)C1(C)C. The summed E-state index contributed by atoms with van der Waals surface area (Å²) < 4.78 is 11.0. The number of amides is 2. The zero-order chi connectivity index (χ0) is 19.7. The van der Waals surface area contributed by atoms with Gasteiger partial charge in [0.15, 0.2) is 0 Å². The van der Waals surface area contributed by atoms with E-state index < -0.39 is 11.0 Å². The molecule has 8 heteroatoms. The van der Waals surface area contributed by atoms with Crippen LogP contribution in [-0.2, 0) is 19.1 Å². The Morgan fingerprint density at radius 3 is 2.67 bits per heavy atom. The van der Waals surface area contributed by atoms with Crippen LogP contribution in [0.3, 0.4) is 0 Å². The van der Waals surface area contributed by atoms with Crippen LogP contribution in [0.4, 0.5) is 0 Å². The Labute approximate surface area is 161 Å². The molecule has 8 nitrogen and oxygen atoms in total. The molecule has 2 heterocycles. The highest BCUT2D eigenvalue weighted by molar-refractivity contribution is 5.90. The van der Waals surface area contributed by atoms with Crippen molar-refractivity contribution in [3.8, 4) is 0 Å². The van der Waals surface area contributed by atoms with Gasteiger partial charge in [0.2, 0.25) is 11.8 Å². The third kappa shape index (κ3) is 3.99. The molecular weight excluding hydrogens is 348 g/mol. The van der Waals surface area contributed by atoms with Gasteiger partial charge in [-0.2, -0.15) is 0 Å². The largest absolute Gasteiger partial charge is 0.379 e. The second-order valence-corrected chi connectivity index (χ2v) is 8.51. The van der Waals surface area contributed by atoms with E-state index in [1.165, 1.54) is 0 Å². The first-order valence-corrected chi connectivity index (χ1v) is 10.1. The van der Waals surface area contributed by atoms with Gasteiger partial charge < -0.3 is 25.4 Å². The van der Waals surface area contributed by atoms with Gasteiger partial charge in [-0.15, -0.1) is 0 Å². The normalized spacial score (nSPS) is 33.8. The number of likely N-dealkylation sites (tertiary alicyclic amines) is 1. The third-order valence-corrected chi connectivity index (χ3v) is 6.57. The predicted octanol–water partition coefficient (Wildman–Crippen LogP) is -0.432. The molecule has 3 fully saturated rings. The van der Waals surface area contributed by atoms with Crippen molar-refractivity contribution in [3.05, 3.63) is 0 Å². The molecule has 154 valence electrons. The molecule has 1 saturated carbocycles. The summed E-state index contributed by atoms with van der Waals surface area (Å²) in [5.74, 6) is -0.0732. The van der Waals surface area contributed by atoms with Gasteiger partial charge in [0, 0.05) is 57.6 Å². The molecule has 3 N–H and O–H groups in total. The number of nitrogens with one attached hydrogen (secondary N) is 1. The fraction of sp³-hybridized carbons (Fsp3) is 0.895. The molecule has 3 unspecified atom stereocenters. The van der Waals surface area contributed by atoms with Crippen molar-refractivity contribution in [2.24, 2.45) is 11.1 Å². The van der Waals surface area contributed by atoms with Crippen LogP contribution in [0.2, 0.25) is 0 Å². The molecule has 0 aromatic rings. The molecular formula is C19H34N4O4. The predicted molar refractivity (Wildman–Crippen MR) is 101 cm³/mol. The molecule has 0 aromatic carbocycles. The molecule has 27 heavy (non-hydrogen) atoms. The monoisotopic (exact) mass is 382 g/mol. The van der Waals surface area contributed by atoms with E-state index in [9.17, 15) is 9.59 Å². The van der Waals surface area contributed by atoms with Gasteiger partial charge >= 0.3 is 0 Å². The fourth-order valence-corrected chi connectivity index (χ4v) is 4.31. The van der Waals surface area contributed by atoms with Gasteiger partial charge in [0.25, 0.3) is 0 Å². The van der Waals surface area contributed by atoms with Crippen LogP contribution in [0.25, 0.3) is 0 Å². The molecule has 1 aliphatic carbocycles. The molecule has 0 bridgehead atoms. The highest BCUT2D eigenvalue weighted by Crippen LogP contribution is 2.49. The number of rotatable bonds is 7. The number of ether oxygens (including phenoxy) is 2. The van der Waals surface area contributed by atoms with Crippen LogP contribution < -0.4 is 11.1 Å². The van der Waals surface area contributed by atoms with Crippen molar-refractivity contribution in [1.29, 1.82) is 0 Å². The molecule has 2 saturated heterocycles. The number of nitrogens with zero attached hydrogens (tertiary/aromatic N) is 2. The van der Waals surface area contributed by atoms with Crippen LogP contribution in [0.5, 0.6) is 0 Å². The second-order valence-electron chi connectivity index (χ2n) is 8.51. The van der Waals surface area contributed by atoms with Crippen molar-refractivity contribution >= 4 is 11.8 Å². The van der Waals surface area contributed by atoms with Crippen molar-refractivity contribution in [1.82, 2.24) is 15.1 Å². The smallest absolute Gasteiger partial charge is 0.241 e. The molecule has 0 radical (unpaired) electrons. The topological polar surface area (TPSA) is 97.1 Å². The lowest BCUT2D eigenvalue weighted by Crippen LogP contribution is -2.76. The Balaban J connectivity index is 1.48. The van der Waals surface area contributed by atoms with E-state index >= 15 is 0 Å².